The van der Waals surface area contributed by atoms with Crippen LogP contribution in [0.1, 0.15) is 17.5 Å². The zero-order valence-electron chi connectivity index (χ0n) is 11.3. The van der Waals surface area contributed by atoms with Crippen LogP contribution in [-0.4, -0.2) is 44.2 Å². The Labute approximate surface area is 113 Å². The molecule has 3 nitrogen and oxygen atoms in total. The molecule has 1 aromatic rings. The van der Waals surface area contributed by atoms with Crippen LogP contribution in [0.15, 0.2) is 12.1 Å². The molecule has 3 rings (SSSR count). The molecule has 4 heteroatoms. The van der Waals surface area contributed by atoms with Crippen LogP contribution in [0.5, 0.6) is 5.75 Å². The molecule has 104 valence electrons. The molecule has 0 aliphatic carbocycles. The van der Waals surface area contributed by atoms with E-state index < -0.39 is 0 Å². The van der Waals surface area contributed by atoms with Crippen LogP contribution in [0.3, 0.4) is 0 Å². The lowest BCUT2D eigenvalue weighted by Gasteiger charge is -2.28. The average Bonchev–Trinajstić information content (AvgIpc) is 2.47. The Morgan fingerprint density at radius 3 is 2.95 bits per heavy atom. The van der Waals surface area contributed by atoms with Gasteiger partial charge in [0, 0.05) is 38.3 Å². The molecule has 1 fully saturated rings. The molecule has 0 atom stereocenters. The number of hydrogen-bond donors (Lipinski definition) is 1. The first-order valence-corrected chi connectivity index (χ1v) is 7.21. The minimum absolute atomic E-state index is 0.115. The van der Waals surface area contributed by atoms with Crippen molar-refractivity contribution >= 4 is 0 Å². The van der Waals surface area contributed by atoms with Crippen molar-refractivity contribution in [3.63, 3.8) is 0 Å². The molecule has 1 saturated heterocycles. The van der Waals surface area contributed by atoms with E-state index >= 15 is 0 Å². The smallest absolute Gasteiger partial charge is 0.130 e. The second kappa shape index (κ2) is 5.88. The molecule has 0 unspecified atom stereocenters. The van der Waals surface area contributed by atoms with E-state index in [1.165, 1.54) is 5.56 Å². The summed E-state index contributed by atoms with van der Waals surface area (Å²) in [6, 6.07) is 3.47. The van der Waals surface area contributed by atoms with E-state index in [1.807, 2.05) is 6.07 Å². The third kappa shape index (κ3) is 2.90. The first kappa shape index (κ1) is 12.9. The Balaban J connectivity index is 1.72. The summed E-state index contributed by atoms with van der Waals surface area (Å²) in [6.07, 6.45) is 2.79. The fraction of sp³-hybridized carbons (Fsp3) is 0.600. The Kier molecular flexibility index (Phi) is 3.99. The summed E-state index contributed by atoms with van der Waals surface area (Å²) in [4.78, 5) is 2.39. The number of nitrogens with one attached hydrogen (secondary N) is 1. The fourth-order valence-corrected chi connectivity index (χ4v) is 2.90. The second-order valence-electron chi connectivity index (χ2n) is 5.31. The summed E-state index contributed by atoms with van der Waals surface area (Å²) in [5.41, 5.74) is 1.94. The lowest BCUT2D eigenvalue weighted by molar-refractivity contribution is 0.239. The van der Waals surface area contributed by atoms with Crippen LogP contribution in [0.4, 0.5) is 4.39 Å². The monoisotopic (exact) mass is 264 g/mol. The molecule has 0 saturated carbocycles. The zero-order chi connectivity index (χ0) is 13.1. The first-order valence-electron chi connectivity index (χ1n) is 7.21. The highest BCUT2D eigenvalue weighted by molar-refractivity contribution is 5.43. The van der Waals surface area contributed by atoms with Gasteiger partial charge in [0.25, 0.3) is 0 Å². The number of nitrogens with zero attached hydrogens (tertiary/aromatic N) is 1. The molecule has 0 spiro atoms. The molecule has 1 N–H and O–H groups in total. The van der Waals surface area contributed by atoms with Crippen molar-refractivity contribution in [1.82, 2.24) is 10.2 Å². The van der Waals surface area contributed by atoms with Crippen LogP contribution in [-0.2, 0) is 12.8 Å². The van der Waals surface area contributed by atoms with E-state index in [2.05, 4.69) is 10.2 Å². The van der Waals surface area contributed by atoms with Gasteiger partial charge in [0.1, 0.15) is 11.6 Å². The van der Waals surface area contributed by atoms with Gasteiger partial charge in [-0.1, -0.05) is 6.07 Å². The summed E-state index contributed by atoms with van der Waals surface area (Å²) in [5.74, 6) is 0.706. The van der Waals surface area contributed by atoms with Gasteiger partial charge in [0.05, 0.1) is 6.61 Å². The quantitative estimate of drug-likeness (QED) is 0.897. The summed E-state index contributed by atoms with van der Waals surface area (Å²) in [7, 11) is 0. The molecule has 0 radical (unpaired) electrons. The van der Waals surface area contributed by atoms with Gasteiger partial charge in [-0.05, 0) is 30.9 Å². The van der Waals surface area contributed by atoms with Gasteiger partial charge in [0.15, 0.2) is 0 Å². The molecular weight excluding hydrogens is 243 g/mol. The summed E-state index contributed by atoms with van der Waals surface area (Å²) in [6.45, 7) is 5.81. The van der Waals surface area contributed by atoms with Crippen molar-refractivity contribution in [2.24, 2.45) is 0 Å². The van der Waals surface area contributed by atoms with Crippen LogP contribution in [0, 0.1) is 5.82 Å². The molecule has 1 aromatic carbocycles. The SMILES string of the molecule is Fc1ccc2c(c1CCN1CCNCC1)OCCC2. The molecule has 0 bridgehead atoms. The van der Waals surface area contributed by atoms with Crippen molar-refractivity contribution in [2.75, 3.05) is 39.3 Å². The van der Waals surface area contributed by atoms with Gasteiger partial charge in [0.2, 0.25) is 0 Å². The maximum absolute atomic E-state index is 14.0. The Hall–Kier alpha value is -1.13. The van der Waals surface area contributed by atoms with Gasteiger partial charge in [-0.2, -0.15) is 0 Å². The largest absolute Gasteiger partial charge is 0.493 e. The van der Waals surface area contributed by atoms with Crippen LogP contribution in [0.2, 0.25) is 0 Å². The minimum atomic E-state index is -0.115. The van der Waals surface area contributed by atoms with Crippen molar-refractivity contribution < 1.29 is 9.13 Å². The molecule has 0 aromatic heterocycles. The van der Waals surface area contributed by atoms with E-state index in [0.717, 1.165) is 69.9 Å². The predicted molar refractivity (Wildman–Crippen MR) is 73.2 cm³/mol. The number of piperazine rings is 1. The van der Waals surface area contributed by atoms with Crippen LogP contribution in [0.25, 0.3) is 0 Å². The summed E-state index contributed by atoms with van der Waals surface area (Å²) >= 11 is 0. The average molecular weight is 264 g/mol. The number of hydrogen-bond acceptors (Lipinski definition) is 3. The molecule has 19 heavy (non-hydrogen) atoms. The Bertz CT molecular complexity index is 444. The highest BCUT2D eigenvalue weighted by Crippen LogP contribution is 2.31. The lowest BCUT2D eigenvalue weighted by Crippen LogP contribution is -2.44. The molecule has 0 amide bonds. The van der Waals surface area contributed by atoms with Crippen molar-refractivity contribution in [3.8, 4) is 5.75 Å². The highest BCUT2D eigenvalue weighted by Gasteiger charge is 2.19. The van der Waals surface area contributed by atoms with E-state index in [1.54, 1.807) is 6.07 Å². The Morgan fingerprint density at radius 1 is 1.26 bits per heavy atom. The maximum atomic E-state index is 14.0. The van der Waals surface area contributed by atoms with Crippen LogP contribution < -0.4 is 10.1 Å². The standard InChI is InChI=1S/C15H21FN2O/c16-14-4-3-12-2-1-11-19-15(12)13(14)5-8-18-9-6-17-7-10-18/h3-4,17H,1-2,5-11H2. The van der Waals surface area contributed by atoms with Gasteiger partial charge in [-0.25, -0.2) is 4.39 Å². The summed E-state index contributed by atoms with van der Waals surface area (Å²) < 4.78 is 19.7. The van der Waals surface area contributed by atoms with Crippen molar-refractivity contribution in [1.29, 1.82) is 0 Å². The molecule has 2 heterocycles. The van der Waals surface area contributed by atoms with E-state index in [4.69, 9.17) is 4.74 Å². The molecule has 2 aliphatic heterocycles. The third-order valence-electron chi connectivity index (χ3n) is 4.01. The number of ether oxygens (including phenoxy) is 1. The lowest BCUT2D eigenvalue weighted by atomic mass is 10.00. The number of halogens is 1. The topological polar surface area (TPSA) is 24.5 Å². The molecule has 2 aliphatic rings. The van der Waals surface area contributed by atoms with Crippen molar-refractivity contribution in [3.05, 3.63) is 29.1 Å². The predicted octanol–water partition coefficient (Wildman–Crippen LogP) is 1.60. The number of aryl methyl sites for hydroxylation is 1. The highest BCUT2D eigenvalue weighted by atomic mass is 19.1. The van der Waals surface area contributed by atoms with E-state index in [9.17, 15) is 4.39 Å². The van der Waals surface area contributed by atoms with Gasteiger partial charge in [-0.3, -0.25) is 0 Å². The number of fused-ring (bicyclic) bond motifs is 1. The Morgan fingerprint density at radius 2 is 2.11 bits per heavy atom. The van der Waals surface area contributed by atoms with Gasteiger partial charge >= 0.3 is 0 Å². The zero-order valence-corrected chi connectivity index (χ0v) is 11.3. The second-order valence-corrected chi connectivity index (χ2v) is 5.31. The third-order valence-corrected chi connectivity index (χ3v) is 4.01. The molecular formula is C15H21FN2O. The van der Waals surface area contributed by atoms with E-state index in [-0.39, 0.29) is 5.82 Å². The fourth-order valence-electron chi connectivity index (χ4n) is 2.90. The first-order chi connectivity index (χ1) is 9.34. The maximum Gasteiger partial charge on any atom is 0.130 e. The minimum Gasteiger partial charge on any atom is -0.493 e. The van der Waals surface area contributed by atoms with Crippen LogP contribution >= 0.6 is 0 Å². The number of rotatable bonds is 3. The van der Waals surface area contributed by atoms with E-state index in [0.29, 0.717) is 0 Å². The number of benzene rings is 1. The summed E-state index contributed by atoms with van der Waals surface area (Å²) in [5, 5.41) is 3.33. The van der Waals surface area contributed by atoms with Gasteiger partial charge in [-0.15, -0.1) is 0 Å². The normalized spacial score (nSPS) is 19.8. The van der Waals surface area contributed by atoms with Crippen molar-refractivity contribution in [2.45, 2.75) is 19.3 Å². The van der Waals surface area contributed by atoms with Gasteiger partial charge < -0.3 is 15.0 Å².